The number of ether oxygens (including phenoxy) is 1. The van der Waals surface area contributed by atoms with Crippen LogP contribution in [0.25, 0.3) is 0 Å². The Morgan fingerprint density at radius 3 is 2.48 bits per heavy atom. The van der Waals surface area contributed by atoms with Gasteiger partial charge < -0.3 is 50.5 Å². The topological polar surface area (TPSA) is 335 Å². The first-order valence-electron chi connectivity index (χ1n) is 14.0. The number of hydrogen-bond donors (Lipinski definition) is 10. The highest BCUT2D eigenvalue weighted by Crippen LogP contribution is 2.66. The lowest BCUT2D eigenvalue weighted by Gasteiger charge is -2.19. The summed E-state index contributed by atoms with van der Waals surface area (Å²) in [5.41, 5.74) is -1.58. The molecular formula is C22H36N5O17P3S. The van der Waals surface area contributed by atoms with E-state index in [2.05, 4.69) is 35.7 Å². The van der Waals surface area contributed by atoms with Crippen molar-refractivity contribution in [2.45, 2.75) is 67.9 Å². The van der Waals surface area contributed by atoms with E-state index in [1.54, 1.807) is 0 Å². The molecular weight excluding hydrogens is 731 g/mol. The fraction of sp³-hybridized carbons (Fsp3) is 0.636. The number of carboxylic acids is 1. The Morgan fingerprint density at radius 2 is 1.83 bits per heavy atom. The molecule has 48 heavy (non-hydrogen) atoms. The van der Waals surface area contributed by atoms with Gasteiger partial charge in [0.15, 0.2) is 0 Å². The predicted molar refractivity (Wildman–Crippen MR) is 166 cm³/mol. The van der Waals surface area contributed by atoms with Crippen LogP contribution >= 0.6 is 35.2 Å². The van der Waals surface area contributed by atoms with E-state index < -0.39 is 65.7 Å². The number of amides is 2. The second-order valence-corrected chi connectivity index (χ2v) is 16.2. The van der Waals surface area contributed by atoms with E-state index >= 15 is 0 Å². The normalized spacial score (nSPS) is 27.4. The molecule has 3 aliphatic heterocycles. The van der Waals surface area contributed by atoms with Crippen LogP contribution in [0.1, 0.15) is 38.3 Å². The number of hydrogen-bond acceptors (Lipinski definition) is 14. The van der Waals surface area contributed by atoms with Gasteiger partial charge in [-0.05, 0) is 12.8 Å². The molecule has 272 valence electrons. The molecule has 4 heterocycles. The first-order chi connectivity index (χ1) is 22.3. The van der Waals surface area contributed by atoms with Crippen LogP contribution in [0.3, 0.4) is 0 Å². The highest BCUT2D eigenvalue weighted by molar-refractivity contribution is 8.00. The van der Waals surface area contributed by atoms with Crippen LogP contribution < -0.4 is 27.2 Å². The van der Waals surface area contributed by atoms with Gasteiger partial charge in [0.2, 0.25) is 0 Å². The van der Waals surface area contributed by atoms with Crippen molar-refractivity contribution in [1.29, 1.82) is 0 Å². The average molecular weight is 768 g/mol. The number of fused-ring (bicyclic) bond motifs is 1. The van der Waals surface area contributed by atoms with Gasteiger partial charge in [-0.1, -0.05) is 12.5 Å². The maximum absolute atomic E-state index is 12.1. The minimum atomic E-state index is -5.70. The molecule has 0 saturated carbocycles. The molecule has 0 bridgehead atoms. The number of urea groups is 1. The van der Waals surface area contributed by atoms with Gasteiger partial charge in [0.05, 0.1) is 24.8 Å². The maximum atomic E-state index is 12.1. The molecule has 2 amide bonds. The lowest BCUT2D eigenvalue weighted by atomic mass is 10.0. The number of aromatic nitrogens is 2. The number of phosphoric ester groups is 1. The lowest BCUT2D eigenvalue weighted by Crippen LogP contribution is -2.36. The van der Waals surface area contributed by atoms with Crippen molar-refractivity contribution in [2.24, 2.45) is 0 Å². The molecule has 0 aromatic carbocycles. The third kappa shape index (κ3) is 12.5. The Morgan fingerprint density at radius 1 is 1.12 bits per heavy atom. The van der Waals surface area contributed by atoms with Crippen molar-refractivity contribution in [3.8, 4) is 0 Å². The van der Waals surface area contributed by atoms with Crippen molar-refractivity contribution >= 4 is 52.9 Å². The Labute approximate surface area is 275 Å². The zero-order chi connectivity index (χ0) is 35.9. The zero-order valence-corrected chi connectivity index (χ0v) is 28.4. The number of H-pyrrole nitrogens is 1. The van der Waals surface area contributed by atoms with Gasteiger partial charge in [0.25, 0.3) is 5.56 Å². The summed E-state index contributed by atoms with van der Waals surface area (Å²) < 4.78 is 51.6. The van der Waals surface area contributed by atoms with Crippen LogP contribution in [0.15, 0.2) is 28.4 Å². The smallest absolute Gasteiger partial charge is 0.481 e. The summed E-state index contributed by atoms with van der Waals surface area (Å²) in [5, 5.41) is 27.6. The summed E-state index contributed by atoms with van der Waals surface area (Å²) in [4.78, 5) is 82.9. The molecule has 2 unspecified atom stereocenters. The second-order valence-electron chi connectivity index (χ2n) is 10.5. The first kappa shape index (κ1) is 40.1. The maximum Gasteiger partial charge on any atom is 0.490 e. The highest BCUT2D eigenvalue weighted by Gasteiger charge is 2.44. The van der Waals surface area contributed by atoms with Crippen LogP contribution in [-0.4, -0.2) is 99.8 Å². The third-order valence-electron chi connectivity index (χ3n) is 6.80. The predicted octanol–water partition coefficient (Wildman–Crippen LogP) is -0.0770. The number of aliphatic hydroxyl groups is 1. The van der Waals surface area contributed by atoms with Crippen molar-refractivity contribution in [2.75, 3.05) is 24.2 Å². The standard InChI is InChI=1S/C12H20N3O14P3.C10H16N2O3S/c1-2-3-13-7-5-15(12(18)14-11(7)17)10-4-8(16)9(27-10)6-26-31(22,23)29-32(24,25)28-30(19,20)21;13-8(14)4-2-1-3-7-9-6(5-16-7)11-10(15)12-9/h2,5,8-10,13,16H,1,3-4,6H2,(H,22,23)(H,24,25)(H,14,17,18)(H2,19,20,21);6-7,9H,1-5H2,(H,13,14)(H2,11,12,15)/t8-,9+,10+;6-,7-,9-/m00/s1. The fourth-order valence-corrected chi connectivity index (χ4v) is 9.35. The molecule has 0 spiro atoms. The summed E-state index contributed by atoms with van der Waals surface area (Å²) in [5.74, 6) is 0.236. The number of aromatic amines is 1. The highest BCUT2D eigenvalue weighted by atomic mass is 32.2. The van der Waals surface area contributed by atoms with Gasteiger partial charge in [-0.25, -0.2) is 23.3 Å². The summed E-state index contributed by atoms with van der Waals surface area (Å²) in [6.45, 7) is 2.78. The number of anilines is 1. The van der Waals surface area contributed by atoms with Crippen molar-refractivity contribution in [3.63, 3.8) is 0 Å². The molecule has 3 aliphatic rings. The minimum absolute atomic E-state index is 0.000645. The zero-order valence-electron chi connectivity index (χ0n) is 24.9. The van der Waals surface area contributed by atoms with E-state index in [1.165, 1.54) is 6.08 Å². The van der Waals surface area contributed by atoms with E-state index in [-0.39, 0.29) is 43.2 Å². The second kappa shape index (κ2) is 17.0. The molecule has 1 aromatic rings. The van der Waals surface area contributed by atoms with Crippen molar-refractivity contribution in [1.82, 2.24) is 20.2 Å². The van der Waals surface area contributed by atoms with E-state index in [0.29, 0.717) is 5.25 Å². The summed E-state index contributed by atoms with van der Waals surface area (Å²) in [6, 6.07) is 0.440. The summed E-state index contributed by atoms with van der Waals surface area (Å²) in [7, 11) is -16.7. The Hall–Kier alpha value is -2.36. The van der Waals surface area contributed by atoms with Crippen LogP contribution in [-0.2, 0) is 36.4 Å². The number of aliphatic carboxylic acids is 1. The summed E-state index contributed by atoms with van der Waals surface area (Å²) in [6.07, 6.45) is 1.44. The molecule has 3 saturated heterocycles. The number of unbranched alkanes of at least 4 members (excludes halogenated alkanes) is 1. The van der Waals surface area contributed by atoms with Gasteiger partial charge in [0, 0.05) is 36.6 Å². The van der Waals surface area contributed by atoms with E-state index in [1.807, 2.05) is 16.7 Å². The van der Waals surface area contributed by atoms with Gasteiger partial charge in [-0.3, -0.25) is 23.7 Å². The molecule has 3 fully saturated rings. The van der Waals surface area contributed by atoms with E-state index in [0.717, 1.165) is 35.8 Å². The quantitative estimate of drug-likeness (QED) is 0.0455. The third-order valence-corrected chi connectivity index (χ3v) is 12.1. The molecule has 0 aliphatic carbocycles. The number of aliphatic hydroxyl groups excluding tert-OH is 1. The molecule has 10 N–H and O–H groups in total. The molecule has 8 atom stereocenters. The van der Waals surface area contributed by atoms with Gasteiger partial charge in [0.1, 0.15) is 18.0 Å². The molecule has 4 rings (SSSR count). The molecule has 0 radical (unpaired) electrons. The summed E-state index contributed by atoms with van der Waals surface area (Å²) >= 11 is 1.87. The largest absolute Gasteiger partial charge is 0.490 e. The van der Waals surface area contributed by atoms with Crippen LogP contribution in [0, 0.1) is 0 Å². The SMILES string of the molecule is C=CCNc1cn([C@H]2C[C@H](O)[C@@H](COP(=O)(O)OP(=O)(O)OP(=O)(O)O)O2)c(=O)[nH]c1=O.O=C(O)CCCC[C@@H]1SC[C@@H]2NC(=O)N[C@@H]21. The number of carboxylic acid groups (broad SMARTS) is 1. The Kier molecular flexibility index (Phi) is 14.2. The number of nitrogens with zero attached hydrogens (tertiary/aromatic N) is 1. The molecule has 26 heteroatoms. The van der Waals surface area contributed by atoms with Crippen LogP contribution in [0.4, 0.5) is 10.5 Å². The Bertz CT molecular complexity index is 1590. The van der Waals surface area contributed by atoms with Crippen molar-refractivity contribution in [3.05, 3.63) is 39.7 Å². The molecule has 1 aromatic heterocycles. The number of phosphoric acid groups is 3. The van der Waals surface area contributed by atoms with Gasteiger partial charge in [-0.15, -0.1) is 6.58 Å². The minimum Gasteiger partial charge on any atom is -0.481 e. The number of thioether (sulfide) groups is 1. The molecule has 22 nitrogen and oxygen atoms in total. The van der Waals surface area contributed by atoms with Crippen LogP contribution in [0.2, 0.25) is 0 Å². The van der Waals surface area contributed by atoms with Gasteiger partial charge >= 0.3 is 41.2 Å². The first-order valence-corrected chi connectivity index (χ1v) is 19.6. The van der Waals surface area contributed by atoms with Crippen LogP contribution in [0.5, 0.6) is 0 Å². The van der Waals surface area contributed by atoms with Gasteiger partial charge in [-0.2, -0.15) is 20.4 Å². The Balaban J connectivity index is 0.000000324. The fourth-order valence-electron chi connectivity index (χ4n) is 4.78. The monoisotopic (exact) mass is 767 g/mol. The average Bonchev–Trinajstić information content (AvgIpc) is 3.61. The van der Waals surface area contributed by atoms with Crippen molar-refractivity contribution < 1.29 is 71.0 Å². The van der Waals surface area contributed by atoms with E-state index in [9.17, 15) is 42.9 Å². The lowest BCUT2D eigenvalue weighted by molar-refractivity contribution is -0.137. The number of rotatable bonds is 16. The van der Waals surface area contributed by atoms with E-state index in [4.69, 9.17) is 24.5 Å². The number of carbonyl (C=O) groups excluding carboxylic acids is 1. The number of carbonyl (C=O) groups is 2. The number of nitrogens with one attached hydrogen (secondary N) is 4.